The summed E-state index contributed by atoms with van der Waals surface area (Å²) in [4.78, 5) is 3.04. The summed E-state index contributed by atoms with van der Waals surface area (Å²) in [6.45, 7) is 5.94. The third kappa shape index (κ3) is 2.12. The molecule has 1 aromatic carbocycles. The lowest BCUT2D eigenvalue weighted by atomic mass is 10.2. The van der Waals surface area contributed by atoms with Gasteiger partial charge < -0.3 is 9.72 Å². The second-order valence-corrected chi connectivity index (χ2v) is 3.00. The highest BCUT2D eigenvalue weighted by Gasteiger charge is 2.06. The van der Waals surface area contributed by atoms with Gasteiger partial charge in [0.1, 0.15) is 0 Å². The van der Waals surface area contributed by atoms with Gasteiger partial charge in [-0.15, -0.1) is 0 Å². The second kappa shape index (κ2) is 4.82. The Morgan fingerprint density at radius 1 is 1.27 bits per heavy atom. The molecular formula is C12H16FNO. The Kier molecular flexibility index (Phi) is 3.72. The molecule has 2 rings (SSSR count). The van der Waals surface area contributed by atoms with Gasteiger partial charge >= 0.3 is 0 Å². The van der Waals surface area contributed by atoms with Gasteiger partial charge in [0.15, 0.2) is 11.6 Å². The normalized spacial score (nSPS) is 9.67. The van der Waals surface area contributed by atoms with E-state index in [2.05, 4.69) is 4.98 Å². The van der Waals surface area contributed by atoms with Crippen molar-refractivity contribution in [2.24, 2.45) is 0 Å². The quantitative estimate of drug-likeness (QED) is 0.761. The summed E-state index contributed by atoms with van der Waals surface area (Å²) in [5, 5.41) is 0.901. The van der Waals surface area contributed by atoms with Crippen molar-refractivity contribution in [2.75, 3.05) is 7.11 Å². The Morgan fingerprint density at radius 3 is 2.53 bits per heavy atom. The van der Waals surface area contributed by atoms with Crippen molar-refractivity contribution in [1.29, 1.82) is 0 Å². The molecule has 3 heteroatoms. The van der Waals surface area contributed by atoms with E-state index < -0.39 is 0 Å². The average molecular weight is 209 g/mol. The Morgan fingerprint density at radius 2 is 1.93 bits per heavy atom. The fraction of sp³-hybridized carbons (Fsp3) is 0.333. The van der Waals surface area contributed by atoms with Crippen LogP contribution >= 0.6 is 0 Å². The van der Waals surface area contributed by atoms with E-state index >= 15 is 0 Å². The van der Waals surface area contributed by atoms with Crippen LogP contribution in [0.3, 0.4) is 0 Å². The van der Waals surface area contributed by atoms with Crippen LogP contribution in [-0.4, -0.2) is 12.1 Å². The molecule has 0 radical (unpaired) electrons. The number of hydrogen-bond donors (Lipinski definition) is 1. The van der Waals surface area contributed by atoms with Crippen molar-refractivity contribution in [3.8, 4) is 5.75 Å². The van der Waals surface area contributed by atoms with Crippen LogP contribution in [0.4, 0.5) is 4.39 Å². The zero-order chi connectivity index (χ0) is 11.4. The highest BCUT2D eigenvalue weighted by molar-refractivity contribution is 5.84. The number of fused-ring (bicyclic) bond motifs is 1. The first kappa shape index (κ1) is 11.6. The van der Waals surface area contributed by atoms with Gasteiger partial charge in [0.05, 0.1) is 7.11 Å². The van der Waals surface area contributed by atoms with Crippen molar-refractivity contribution < 1.29 is 9.13 Å². The molecular weight excluding hydrogens is 193 g/mol. The van der Waals surface area contributed by atoms with Crippen LogP contribution < -0.4 is 4.74 Å². The molecule has 1 heterocycles. The molecule has 0 aliphatic rings. The number of methoxy groups -OCH3 is 1. The number of ether oxygens (including phenoxy) is 1. The zero-order valence-electron chi connectivity index (χ0n) is 9.52. The zero-order valence-corrected chi connectivity index (χ0v) is 9.52. The minimum atomic E-state index is -0.322. The van der Waals surface area contributed by atoms with E-state index in [4.69, 9.17) is 4.74 Å². The van der Waals surface area contributed by atoms with Gasteiger partial charge in [-0.2, -0.15) is 0 Å². The molecule has 0 bridgehead atoms. The highest BCUT2D eigenvalue weighted by atomic mass is 19.1. The predicted molar refractivity (Wildman–Crippen MR) is 60.9 cm³/mol. The lowest BCUT2D eigenvalue weighted by Gasteiger charge is -2.01. The molecule has 0 saturated heterocycles. The number of aromatic amines is 1. The molecule has 0 amide bonds. The maximum absolute atomic E-state index is 13.2. The molecule has 0 aliphatic carbocycles. The van der Waals surface area contributed by atoms with Gasteiger partial charge in [0, 0.05) is 23.2 Å². The third-order valence-corrected chi connectivity index (χ3v) is 2.16. The standard InChI is InChI=1S/C10H10FNO.C2H6/c1-6-5-12-9-4-10(13-2)8(11)3-7(6)9;1-2/h3-5,12H,1-2H3;1-2H3. The van der Waals surface area contributed by atoms with Gasteiger partial charge in [-0.25, -0.2) is 4.39 Å². The van der Waals surface area contributed by atoms with Crippen LogP contribution in [0.25, 0.3) is 10.9 Å². The largest absolute Gasteiger partial charge is 0.494 e. The van der Waals surface area contributed by atoms with E-state index in [1.165, 1.54) is 13.2 Å². The first-order valence-corrected chi connectivity index (χ1v) is 5.03. The van der Waals surface area contributed by atoms with Crippen LogP contribution in [0.5, 0.6) is 5.75 Å². The summed E-state index contributed by atoms with van der Waals surface area (Å²) in [5.74, 6) is -0.0490. The number of hydrogen-bond acceptors (Lipinski definition) is 1. The average Bonchev–Trinajstić information content (AvgIpc) is 2.62. The number of halogens is 1. The first-order valence-electron chi connectivity index (χ1n) is 5.03. The molecule has 0 atom stereocenters. The molecule has 0 spiro atoms. The summed E-state index contributed by atoms with van der Waals surface area (Å²) >= 11 is 0. The number of aromatic nitrogens is 1. The number of nitrogens with one attached hydrogen (secondary N) is 1. The van der Waals surface area contributed by atoms with E-state index in [1.54, 1.807) is 6.07 Å². The fourth-order valence-corrected chi connectivity index (χ4v) is 1.42. The van der Waals surface area contributed by atoms with Crippen LogP contribution in [0, 0.1) is 12.7 Å². The third-order valence-electron chi connectivity index (χ3n) is 2.16. The molecule has 2 nitrogen and oxygen atoms in total. The van der Waals surface area contributed by atoms with E-state index in [0.717, 1.165) is 16.5 Å². The summed E-state index contributed by atoms with van der Waals surface area (Å²) in [6.07, 6.45) is 1.85. The van der Waals surface area contributed by atoms with Gasteiger partial charge in [0.25, 0.3) is 0 Å². The van der Waals surface area contributed by atoms with Crippen molar-refractivity contribution in [3.63, 3.8) is 0 Å². The van der Waals surface area contributed by atoms with Crippen molar-refractivity contribution in [3.05, 3.63) is 29.7 Å². The van der Waals surface area contributed by atoms with E-state index in [1.807, 2.05) is 27.0 Å². The predicted octanol–water partition coefficient (Wildman–Crippen LogP) is 3.65. The van der Waals surface area contributed by atoms with Gasteiger partial charge in [0.2, 0.25) is 0 Å². The minimum Gasteiger partial charge on any atom is -0.494 e. The van der Waals surface area contributed by atoms with Gasteiger partial charge in [-0.3, -0.25) is 0 Å². The molecule has 0 saturated carbocycles. The molecule has 0 aliphatic heterocycles. The van der Waals surface area contributed by atoms with Gasteiger partial charge in [-0.05, 0) is 18.6 Å². The first-order chi connectivity index (χ1) is 7.22. The van der Waals surface area contributed by atoms with Crippen LogP contribution in [0.2, 0.25) is 0 Å². The number of rotatable bonds is 1. The van der Waals surface area contributed by atoms with Crippen LogP contribution in [0.15, 0.2) is 18.3 Å². The smallest absolute Gasteiger partial charge is 0.165 e. The maximum atomic E-state index is 13.2. The Bertz CT molecular complexity index is 448. The topological polar surface area (TPSA) is 25.0 Å². The number of benzene rings is 1. The van der Waals surface area contributed by atoms with Gasteiger partial charge in [-0.1, -0.05) is 13.8 Å². The minimum absolute atomic E-state index is 0.273. The summed E-state index contributed by atoms with van der Waals surface area (Å²) in [7, 11) is 1.46. The molecule has 82 valence electrons. The summed E-state index contributed by atoms with van der Waals surface area (Å²) < 4.78 is 18.1. The molecule has 1 N–H and O–H groups in total. The molecule has 1 aromatic heterocycles. The van der Waals surface area contributed by atoms with E-state index in [0.29, 0.717) is 0 Å². The molecule has 2 aromatic rings. The fourth-order valence-electron chi connectivity index (χ4n) is 1.42. The number of aryl methyl sites for hydroxylation is 1. The summed E-state index contributed by atoms with van der Waals surface area (Å²) in [5.41, 5.74) is 1.94. The Labute approximate surface area is 89.1 Å². The monoisotopic (exact) mass is 209 g/mol. The molecule has 15 heavy (non-hydrogen) atoms. The van der Waals surface area contributed by atoms with Crippen LogP contribution in [0.1, 0.15) is 19.4 Å². The maximum Gasteiger partial charge on any atom is 0.165 e. The SMILES string of the molecule is CC.COc1cc2[nH]cc(C)c2cc1F. The summed E-state index contributed by atoms with van der Waals surface area (Å²) in [6, 6.07) is 3.15. The lowest BCUT2D eigenvalue weighted by molar-refractivity contribution is 0.387. The van der Waals surface area contributed by atoms with E-state index in [-0.39, 0.29) is 11.6 Å². The lowest BCUT2D eigenvalue weighted by Crippen LogP contribution is -1.87. The van der Waals surface area contributed by atoms with Crippen molar-refractivity contribution >= 4 is 10.9 Å². The van der Waals surface area contributed by atoms with Crippen LogP contribution in [-0.2, 0) is 0 Å². The van der Waals surface area contributed by atoms with Crippen molar-refractivity contribution in [2.45, 2.75) is 20.8 Å². The van der Waals surface area contributed by atoms with Crippen molar-refractivity contribution in [1.82, 2.24) is 4.98 Å². The molecule has 0 fully saturated rings. The second-order valence-electron chi connectivity index (χ2n) is 3.00. The molecule has 0 unspecified atom stereocenters. The Hall–Kier alpha value is -1.51. The Balaban J connectivity index is 0.000000531. The highest BCUT2D eigenvalue weighted by Crippen LogP contribution is 2.25. The number of H-pyrrole nitrogens is 1. The van der Waals surface area contributed by atoms with E-state index in [9.17, 15) is 4.39 Å².